The van der Waals surface area contributed by atoms with Gasteiger partial charge in [-0.1, -0.05) is 6.92 Å². The number of hydrogen-bond acceptors (Lipinski definition) is 3. The third kappa shape index (κ3) is 3.43. The van der Waals surface area contributed by atoms with E-state index >= 15 is 0 Å². The zero-order valence-electron chi connectivity index (χ0n) is 11.8. The molecule has 2 aliphatic rings. The van der Waals surface area contributed by atoms with Crippen LogP contribution in [0.1, 0.15) is 39.5 Å². The first kappa shape index (κ1) is 13.3. The number of piperidine rings is 1. The fourth-order valence-electron chi connectivity index (χ4n) is 3.21. The summed E-state index contributed by atoms with van der Waals surface area (Å²) in [5, 5.41) is 0. The minimum Gasteiger partial charge on any atom is -0.324 e. The number of likely N-dealkylation sites (tertiary alicyclic amines) is 1. The Morgan fingerprint density at radius 2 is 1.82 bits per heavy atom. The maximum absolute atomic E-state index is 6.43. The van der Waals surface area contributed by atoms with E-state index in [0.29, 0.717) is 0 Å². The van der Waals surface area contributed by atoms with E-state index in [1.807, 2.05) is 0 Å². The van der Waals surface area contributed by atoms with Crippen LogP contribution in [0.15, 0.2) is 0 Å². The molecule has 1 aliphatic carbocycles. The molecule has 2 rings (SSSR count). The van der Waals surface area contributed by atoms with Crippen LogP contribution in [0.5, 0.6) is 0 Å². The van der Waals surface area contributed by atoms with Crippen LogP contribution in [0.2, 0.25) is 0 Å². The van der Waals surface area contributed by atoms with Gasteiger partial charge < -0.3 is 15.5 Å². The highest BCUT2D eigenvalue weighted by molar-refractivity contribution is 4.97. The summed E-state index contributed by atoms with van der Waals surface area (Å²) >= 11 is 0. The Kier molecular flexibility index (Phi) is 4.11. The van der Waals surface area contributed by atoms with E-state index in [0.717, 1.165) is 18.5 Å². The van der Waals surface area contributed by atoms with Crippen molar-refractivity contribution in [1.82, 2.24) is 9.80 Å². The van der Waals surface area contributed by atoms with Crippen molar-refractivity contribution in [3.05, 3.63) is 0 Å². The first-order chi connectivity index (χ1) is 8.03. The fourth-order valence-corrected chi connectivity index (χ4v) is 3.21. The third-order valence-electron chi connectivity index (χ3n) is 4.73. The molecule has 0 amide bonds. The highest BCUT2D eigenvalue weighted by Crippen LogP contribution is 2.38. The molecule has 1 saturated carbocycles. The SMILES string of the molecule is CCN1CCC(N(C)CC(C)(N)C2CC2)CC1. The first-order valence-corrected chi connectivity index (χ1v) is 7.24. The zero-order chi connectivity index (χ0) is 12.5. The van der Waals surface area contributed by atoms with E-state index in [1.165, 1.54) is 45.3 Å². The van der Waals surface area contributed by atoms with Crippen molar-refractivity contribution in [2.24, 2.45) is 11.7 Å². The molecule has 2 N–H and O–H groups in total. The Morgan fingerprint density at radius 1 is 1.24 bits per heavy atom. The Hall–Kier alpha value is -0.120. The van der Waals surface area contributed by atoms with Crippen molar-refractivity contribution < 1.29 is 0 Å². The normalized spacial score (nSPS) is 27.4. The minimum absolute atomic E-state index is 0.0383. The highest BCUT2D eigenvalue weighted by Gasteiger charge is 2.39. The molecule has 0 spiro atoms. The van der Waals surface area contributed by atoms with Crippen LogP contribution in [-0.4, -0.2) is 54.6 Å². The van der Waals surface area contributed by atoms with Gasteiger partial charge in [0.25, 0.3) is 0 Å². The lowest BCUT2D eigenvalue weighted by Gasteiger charge is -2.39. The maximum Gasteiger partial charge on any atom is 0.0283 e. The molecule has 0 aromatic carbocycles. The van der Waals surface area contributed by atoms with E-state index in [9.17, 15) is 0 Å². The molecule has 0 radical (unpaired) electrons. The van der Waals surface area contributed by atoms with Gasteiger partial charge in [0, 0.05) is 18.1 Å². The van der Waals surface area contributed by atoms with Crippen LogP contribution in [0.3, 0.4) is 0 Å². The van der Waals surface area contributed by atoms with Crippen molar-refractivity contribution in [3.8, 4) is 0 Å². The van der Waals surface area contributed by atoms with E-state index in [-0.39, 0.29) is 5.54 Å². The quantitative estimate of drug-likeness (QED) is 0.790. The van der Waals surface area contributed by atoms with Crippen molar-refractivity contribution in [2.45, 2.75) is 51.1 Å². The van der Waals surface area contributed by atoms with Crippen LogP contribution < -0.4 is 5.73 Å². The summed E-state index contributed by atoms with van der Waals surface area (Å²) in [5.41, 5.74) is 6.47. The maximum atomic E-state index is 6.43. The summed E-state index contributed by atoms with van der Waals surface area (Å²) in [6.45, 7) is 9.28. The molecule has 1 aliphatic heterocycles. The van der Waals surface area contributed by atoms with Crippen LogP contribution in [0.25, 0.3) is 0 Å². The number of nitrogens with two attached hydrogens (primary N) is 1. The Balaban J connectivity index is 1.78. The average molecular weight is 239 g/mol. The molecule has 0 aromatic rings. The lowest BCUT2D eigenvalue weighted by molar-refractivity contribution is 0.110. The first-order valence-electron chi connectivity index (χ1n) is 7.24. The van der Waals surface area contributed by atoms with Gasteiger partial charge >= 0.3 is 0 Å². The number of likely N-dealkylation sites (N-methyl/N-ethyl adjacent to an activating group) is 1. The van der Waals surface area contributed by atoms with Gasteiger partial charge in [-0.05, 0) is 65.2 Å². The molecule has 0 aromatic heterocycles. The van der Waals surface area contributed by atoms with E-state index in [4.69, 9.17) is 5.73 Å². The van der Waals surface area contributed by atoms with Gasteiger partial charge in [0.1, 0.15) is 0 Å². The molecule has 17 heavy (non-hydrogen) atoms. The highest BCUT2D eigenvalue weighted by atomic mass is 15.2. The van der Waals surface area contributed by atoms with Crippen LogP contribution >= 0.6 is 0 Å². The van der Waals surface area contributed by atoms with Gasteiger partial charge in [0.15, 0.2) is 0 Å². The van der Waals surface area contributed by atoms with Gasteiger partial charge in [-0.15, -0.1) is 0 Å². The summed E-state index contributed by atoms with van der Waals surface area (Å²) in [6.07, 6.45) is 5.31. The van der Waals surface area contributed by atoms with Gasteiger partial charge in [0.05, 0.1) is 0 Å². The van der Waals surface area contributed by atoms with E-state index in [1.54, 1.807) is 0 Å². The Labute approximate surface area is 106 Å². The summed E-state index contributed by atoms with van der Waals surface area (Å²) in [5.74, 6) is 0.778. The van der Waals surface area contributed by atoms with Crippen molar-refractivity contribution in [1.29, 1.82) is 0 Å². The molecule has 3 heteroatoms. The third-order valence-corrected chi connectivity index (χ3v) is 4.73. The predicted molar refractivity (Wildman–Crippen MR) is 73.1 cm³/mol. The standard InChI is InChI=1S/C14H29N3/c1-4-17-9-7-13(8-10-17)16(3)11-14(2,15)12-5-6-12/h12-13H,4-11,15H2,1-3H3. The number of rotatable bonds is 5. The second-order valence-corrected chi connectivity index (χ2v) is 6.36. The molecule has 1 unspecified atom stereocenters. The van der Waals surface area contributed by atoms with Gasteiger partial charge in [0.2, 0.25) is 0 Å². The Morgan fingerprint density at radius 3 is 2.29 bits per heavy atom. The topological polar surface area (TPSA) is 32.5 Å². The van der Waals surface area contributed by atoms with Gasteiger partial charge in [-0.2, -0.15) is 0 Å². The smallest absolute Gasteiger partial charge is 0.0283 e. The zero-order valence-corrected chi connectivity index (χ0v) is 11.8. The Bertz CT molecular complexity index is 240. The van der Waals surface area contributed by atoms with Crippen LogP contribution in [0, 0.1) is 5.92 Å². The van der Waals surface area contributed by atoms with Crippen molar-refractivity contribution in [3.63, 3.8) is 0 Å². The molecule has 100 valence electrons. The van der Waals surface area contributed by atoms with Gasteiger partial charge in [-0.25, -0.2) is 0 Å². The largest absolute Gasteiger partial charge is 0.324 e. The van der Waals surface area contributed by atoms with E-state index in [2.05, 4.69) is 30.7 Å². The van der Waals surface area contributed by atoms with Crippen LogP contribution in [-0.2, 0) is 0 Å². The molecular formula is C14H29N3. The molecule has 0 bridgehead atoms. The average Bonchev–Trinajstić information content (AvgIpc) is 3.12. The summed E-state index contributed by atoms with van der Waals surface area (Å²) in [4.78, 5) is 5.07. The monoisotopic (exact) mass is 239 g/mol. The second-order valence-electron chi connectivity index (χ2n) is 6.36. The predicted octanol–water partition coefficient (Wildman–Crippen LogP) is 1.53. The van der Waals surface area contributed by atoms with Crippen molar-refractivity contribution in [2.75, 3.05) is 33.2 Å². The lowest BCUT2D eigenvalue weighted by atomic mass is 9.94. The molecule has 1 heterocycles. The summed E-state index contributed by atoms with van der Waals surface area (Å²) < 4.78 is 0. The van der Waals surface area contributed by atoms with Crippen LogP contribution in [0.4, 0.5) is 0 Å². The molecule has 1 atom stereocenters. The molecule has 2 fully saturated rings. The van der Waals surface area contributed by atoms with Gasteiger partial charge in [-0.3, -0.25) is 0 Å². The molecular weight excluding hydrogens is 210 g/mol. The fraction of sp³-hybridized carbons (Fsp3) is 1.00. The molecule has 3 nitrogen and oxygen atoms in total. The minimum atomic E-state index is 0.0383. The summed E-state index contributed by atoms with van der Waals surface area (Å²) in [7, 11) is 2.26. The summed E-state index contributed by atoms with van der Waals surface area (Å²) in [6, 6.07) is 0.749. The lowest BCUT2D eigenvalue weighted by Crippen LogP contribution is -2.53. The number of hydrogen-bond donors (Lipinski definition) is 1. The number of nitrogens with zero attached hydrogens (tertiary/aromatic N) is 2. The van der Waals surface area contributed by atoms with Crippen molar-refractivity contribution >= 4 is 0 Å². The second kappa shape index (κ2) is 5.25. The van der Waals surface area contributed by atoms with E-state index < -0.39 is 0 Å². The molecule has 1 saturated heterocycles.